The summed E-state index contributed by atoms with van der Waals surface area (Å²) in [7, 11) is 1.69. The standard InChI is InChI=1S/C11H14O2/c1-12-10-5-2-9(3-6-10)4-7-11-8-13-11/h2-3,5-6,11H,4,7-8H2,1H3/t11-/m1/s1. The van der Waals surface area contributed by atoms with E-state index in [9.17, 15) is 0 Å². The minimum Gasteiger partial charge on any atom is -0.497 e. The van der Waals surface area contributed by atoms with Crippen LogP contribution in [0.3, 0.4) is 0 Å². The van der Waals surface area contributed by atoms with E-state index in [0.717, 1.165) is 25.2 Å². The van der Waals surface area contributed by atoms with Crippen molar-refractivity contribution in [2.75, 3.05) is 13.7 Å². The van der Waals surface area contributed by atoms with Crippen LogP contribution >= 0.6 is 0 Å². The smallest absolute Gasteiger partial charge is 0.118 e. The molecule has 13 heavy (non-hydrogen) atoms. The summed E-state index contributed by atoms with van der Waals surface area (Å²) >= 11 is 0. The summed E-state index contributed by atoms with van der Waals surface area (Å²) in [6.45, 7) is 0.955. The Kier molecular flexibility index (Phi) is 2.50. The fourth-order valence-electron chi connectivity index (χ4n) is 1.35. The lowest BCUT2D eigenvalue weighted by molar-refractivity contribution is 0.396. The molecule has 0 radical (unpaired) electrons. The summed E-state index contributed by atoms with van der Waals surface area (Å²) in [5, 5.41) is 0. The van der Waals surface area contributed by atoms with Crippen molar-refractivity contribution in [1.29, 1.82) is 0 Å². The van der Waals surface area contributed by atoms with Crippen LogP contribution in [0.4, 0.5) is 0 Å². The maximum Gasteiger partial charge on any atom is 0.118 e. The van der Waals surface area contributed by atoms with Gasteiger partial charge >= 0.3 is 0 Å². The van der Waals surface area contributed by atoms with E-state index in [2.05, 4.69) is 12.1 Å². The molecule has 2 nitrogen and oxygen atoms in total. The van der Waals surface area contributed by atoms with Gasteiger partial charge in [-0.3, -0.25) is 0 Å². The van der Waals surface area contributed by atoms with Crippen molar-refractivity contribution >= 4 is 0 Å². The number of aryl methyl sites for hydroxylation is 1. The van der Waals surface area contributed by atoms with Crippen LogP contribution in [-0.2, 0) is 11.2 Å². The number of hydrogen-bond acceptors (Lipinski definition) is 2. The highest BCUT2D eigenvalue weighted by molar-refractivity contribution is 5.27. The van der Waals surface area contributed by atoms with Gasteiger partial charge in [0.25, 0.3) is 0 Å². The molecule has 0 aromatic heterocycles. The van der Waals surface area contributed by atoms with Crippen LogP contribution in [0, 0.1) is 0 Å². The Hall–Kier alpha value is -1.02. The second-order valence-corrected chi connectivity index (χ2v) is 3.34. The third-order valence-corrected chi connectivity index (χ3v) is 2.32. The Bertz CT molecular complexity index is 262. The zero-order valence-electron chi connectivity index (χ0n) is 7.82. The topological polar surface area (TPSA) is 21.8 Å². The van der Waals surface area contributed by atoms with Crippen LogP contribution in [0.5, 0.6) is 5.75 Å². The lowest BCUT2D eigenvalue weighted by Gasteiger charge is -2.01. The van der Waals surface area contributed by atoms with Crippen LogP contribution in [0.15, 0.2) is 24.3 Å². The monoisotopic (exact) mass is 178 g/mol. The van der Waals surface area contributed by atoms with Crippen LogP contribution in [0.1, 0.15) is 12.0 Å². The maximum atomic E-state index is 5.15. The number of methoxy groups -OCH3 is 1. The van der Waals surface area contributed by atoms with E-state index < -0.39 is 0 Å². The molecule has 1 aromatic carbocycles. The molecule has 1 fully saturated rings. The van der Waals surface area contributed by atoms with Gasteiger partial charge in [-0.05, 0) is 30.5 Å². The number of epoxide rings is 1. The first kappa shape index (κ1) is 8.57. The lowest BCUT2D eigenvalue weighted by atomic mass is 10.1. The van der Waals surface area contributed by atoms with Gasteiger partial charge in [0, 0.05) is 0 Å². The average Bonchev–Trinajstić information content (AvgIpc) is 2.99. The van der Waals surface area contributed by atoms with Gasteiger partial charge < -0.3 is 9.47 Å². The van der Waals surface area contributed by atoms with Gasteiger partial charge in [-0.15, -0.1) is 0 Å². The molecule has 0 saturated carbocycles. The van der Waals surface area contributed by atoms with Crippen LogP contribution in [0.2, 0.25) is 0 Å². The van der Waals surface area contributed by atoms with Crippen molar-refractivity contribution in [3.8, 4) is 5.75 Å². The highest BCUT2D eigenvalue weighted by Gasteiger charge is 2.21. The molecule has 0 unspecified atom stereocenters. The second kappa shape index (κ2) is 3.79. The summed E-state index contributed by atoms with van der Waals surface area (Å²) in [5.41, 5.74) is 1.36. The molecule has 0 amide bonds. The molecule has 1 aliphatic heterocycles. The minimum atomic E-state index is 0.530. The molecule has 0 spiro atoms. The molecule has 0 bridgehead atoms. The number of rotatable bonds is 4. The Morgan fingerprint density at radius 2 is 2.08 bits per heavy atom. The molecule has 0 N–H and O–H groups in total. The van der Waals surface area contributed by atoms with E-state index in [1.807, 2.05) is 12.1 Å². The van der Waals surface area contributed by atoms with Crippen LogP contribution < -0.4 is 4.74 Å². The van der Waals surface area contributed by atoms with Gasteiger partial charge in [0.2, 0.25) is 0 Å². The van der Waals surface area contributed by atoms with Crippen molar-refractivity contribution in [3.63, 3.8) is 0 Å². The minimum absolute atomic E-state index is 0.530. The molecular formula is C11H14O2. The summed E-state index contributed by atoms with van der Waals surface area (Å²) in [5.74, 6) is 0.923. The maximum absolute atomic E-state index is 5.15. The molecule has 0 aliphatic carbocycles. The summed E-state index contributed by atoms with van der Waals surface area (Å²) in [4.78, 5) is 0. The van der Waals surface area contributed by atoms with E-state index in [1.165, 1.54) is 5.56 Å². The van der Waals surface area contributed by atoms with Gasteiger partial charge in [0.15, 0.2) is 0 Å². The Labute approximate surface area is 78.5 Å². The van der Waals surface area contributed by atoms with E-state index >= 15 is 0 Å². The van der Waals surface area contributed by atoms with Crippen molar-refractivity contribution in [2.24, 2.45) is 0 Å². The first-order chi connectivity index (χ1) is 6.38. The van der Waals surface area contributed by atoms with Crippen molar-refractivity contribution < 1.29 is 9.47 Å². The largest absolute Gasteiger partial charge is 0.497 e. The number of benzene rings is 1. The number of ether oxygens (including phenoxy) is 2. The molecule has 1 heterocycles. The van der Waals surface area contributed by atoms with Gasteiger partial charge in [-0.25, -0.2) is 0 Å². The summed E-state index contributed by atoms with van der Waals surface area (Å²) in [6, 6.07) is 8.23. The third kappa shape index (κ3) is 2.46. The lowest BCUT2D eigenvalue weighted by Crippen LogP contribution is -1.91. The van der Waals surface area contributed by atoms with Gasteiger partial charge in [0.05, 0.1) is 19.8 Å². The molecule has 70 valence electrons. The third-order valence-electron chi connectivity index (χ3n) is 2.32. The zero-order chi connectivity index (χ0) is 9.10. The Morgan fingerprint density at radius 3 is 2.62 bits per heavy atom. The Balaban J connectivity index is 1.88. The molecule has 2 rings (SSSR count). The molecule has 1 saturated heterocycles. The molecular weight excluding hydrogens is 164 g/mol. The van der Waals surface area contributed by atoms with Crippen molar-refractivity contribution in [1.82, 2.24) is 0 Å². The molecule has 1 aromatic rings. The SMILES string of the molecule is COc1ccc(CC[C@@H]2CO2)cc1. The predicted octanol–water partition coefficient (Wildman–Crippen LogP) is 2.03. The first-order valence-electron chi connectivity index (χ1n) is 4.63. The van der Waals surface area contributed by atoms with E-state index in [1.54, 1.807) is 7.11 Å². The number of hydrogen-bond donors (Lipinski definition) is 0. The fraction of sp³-hybridized carbons (Fsp3) is 0.455. The fourth-order valence-corrected chi connectivity index (χ4v) is 1.35. The van der Waals surface area contributed by atoms with Gasteiger partial charge in [-0.2, -0.15) is 0 Å². The zero-order valence-corrected chi connectivity index (χ0v) is 7.82. The van der Waals surface area contributed by atoms with Crippen LogP contribution in [0.25, 0.3) is 0 Å². The van der Waals surface area contributed by atoms with Gasteiger partial charge in [-0.1, -0.05) is 12.1 Å². The van der Waals surface area contributed by atoms with E-state index in [-0.39, 0.29) is 0 Å². The molecule has 1 atom stereocenters. The summed E-state index contributed by atoms with van der Waals surface area (Å²) < 4.78 is 10.2. The second-order valence-electron chi connectivity index (χ2n) is 3.34. The quantitative estimate of drug-likeness (QED) is 0.658. The van der Waals surface area contributed by atoms with Crippen LogP contribution in [-0.4, -0.2) is 19.8 Å². The highest BCUT2D eigenvalue weighted by atomic mass is 16.6. The normalized spacial score (nSPS) is 19.9. The highest BCUT2D eigenvalue weighted by Crippen LogP contribution is 2.18. The Morgan fingerprint density at radius 1 is 1.38 bits per heavy atom. The summed E-state index contributed by atoms with van der Waals surface area (Å²) in [6.07, 6.45) is 2.78. The predicted molar refractivity (Wildman–Crippen MR) is 51.1 cm³/mol. The average molecular weight is 178 g/mol. The first-order valence-corrected chi connectivity index (χ1v) is 4.63. The van der Waals surface area contributed by atoms with Gasteiger partial charge in [0.1, 0.15) is 5.75 Å². The van der Waals surface area contributed by atoms with E-state index in [4.69, 9.17) is 9.47 Å². The molecule has 2 heteroatoms. The van der Waals surface area contributed by atoms with E-state index in [0.29, 0.717) is 6.10 Å². The van der Waals surface area contributed by atoms with Crippen molar-refractivity contribution in [2.45, 2.75) is 18.9 Å². The van der Waals surface area contributed by atoms with Crippen molar-refractivity contribution in [3.05, 3.63) is 29.8 Å². The molecule has 1 aliphatic rings.